The zero-order chi connectivity index (χ0) is 37.7. The van der Waals surface area contributed by atoms with Crippen molar-refractivity contribution in [3.63, 3.8) is 0 Å². The molecular weight excluding hydrogens is 695 g/mol. The number of hydrogen-bond acceptors (Lipinski definition) is 4. The number of fused-ring (bicyclic) bond motifs is 7. The Kier molecular flexibility index (Phi) is 7.78. The highest BCUT2D eigenvalue weighted by molar-refractivity contribution is 6.24. The maximum Gasteiger partial charge on any atom is 0.160 e. The van der Waals surface area contributed by atoms with Gasteiger partial charge in [-0.05, 0) is 52.6 Å². The van der Waals surface area contributed by atoms with Gasteiger partial charge in [-0.2, -0.15) is 0 Å². The van der Waals surface area contributed by atoms with Gasteiger partial charge in [-0.25, -0.2) is 15.0 Å². The molecule has 4 heteroatoms. The lowest BCUT2D eigenvalue weighted by Gasteiger charge is -2.13. The molecular formula is C53H33N3O. The molecule has 0 spiro atoms. The SMILES string of the molecule is c1ccc(-c2ccc(-c3cc(-c4cccc(-c5nc6ccccc6c6c5ccc5c7ccccc7oc56)c4)nc(-c4ccc(-c5ccccc5)cc4)n3)cc2)cc1. The Balaban J connectivity index is 1.07. The smallest absolute Gasteiger partial charge is 0.160 e. The van der Waals surface area contributed by atoms with Crippen molar-refractivity contribution >= 4 is 43.6 Å². The minimum atomic E-state index is 0.668. The maximum absolute atomic E-state index is 6.59. The van der Waals surface area contributed by atoms with Crippen LogP contribution in [0.2, 0.25) is 0 Å². The van der Waals surface area contributed by atoms with Gasteiger partial charge in [0, 0.05) is 49.2 Å². The normalized spacial score (nSPS) is 11.5. The van der Waals surface area contributed by atoms with Gasteiger partial charge >= 0.3 is 0 Å². The molecule has 0 saturated heterocycles. The number of para-hydroxylation sites is 2. The molecule has 266 valence electrons. The van der Waals surface area contributed by atoms with Crippen LogP contribution in [0.1, 0.15) is 0 Å². The van der Waals surface area contributed by atoms with Gasteiger partial charge in [0.05, 0.1) is 22.6 Å². The number of aromatic nitrogens is 3. The zero-order valence-electron chi connectivity index (χ0n) is 30.8. The largest absolute Gasteiger partial charge is 0.455 e. The fourth-order valence-corrected chi connectivity index (χ4v) is 8.04. The maximum atomic E-state index is 6.59. The first kappa shape index (κ1) is 32.7. The number of nitrogens with zero attached hydrogens (tertiary/aromatic N) is 3. The highest BCUT2D eigenvalue weighted by Crippen LogP contribution is 2.41. The minimum absolute atomic E-state index is 0.668. The summed E-state index contributed by atoms with van der Waals surface area (Å²) in [7, 11) is 0. The van der Waals surface area contributed by atoms with E-state index in [0.717, 1.165) is 94.1 Å². The van der Waals surface area contributed by atoms with E-state index in [9.17, 15) is 0 Å². The van der Waals surface area contributed by atoms with Gasteiger partial charge in [0.15, 0.2) is 5.82 Å². The first-order valence-electron chi connectivity index (χ1n) is 19.2. The third-order valence-electron chi connectivity index (χ3n) is 10.9. The van der Waals surface area contributed by atoms with Crippen LogP contribution in [-0.2, 0) is 0 Å². The number of rotatable bonds is 6. The molecule has 0 unspecified atom stereocenters. The monoisotopic (exact) mass is 727 g/mol. The Morgan fingerprint density at radius 1 is 0.316 bits per heavy atom. The fourth-order valence-electron chi connectivity index (χ4n) is 8.04. The Morgan fingerprint density at radius 2 is 0.842 bits per heavy atom. The summed E-state index contributed by atoms with van der Waals surface area (Å²) in [6, 6.07) is 69.6. The fraction of sp³-hybridized carbons (Fsp3) is 0. The number of furan rings is 1. The van der Waals surface area contributed by atoms with Gasteiger partial charge < -0.3 is 4.42 Å². The third-order valence-corrected chi connectivity index (χ3v) is 10.9. The summed E-state index contributed by atoms with van der Waals surface area (Å²) in [6.45, 7) is 0. The van der Waals surface area contributed by atoms with Crippen LogP contribution in [0.4, 0.5) is 0 Å². The van der Waals surface area contributed by atoms with Crippen molar-refractivity contribution in [1.82, 2.24) is 15.0 Å². The second kappa shape index (κ2) is 13.6. The van der Waals surface area contributed by atoms with E-state index in [2.05, 4.69) is 170 Å². The molecule has 0 N–H and O–H groups in total. The molecule has 3 aromatic heterocycles. The predicted octanol–water partition coefficient (Wildman–Crippen LogP) is 14.1. The number of benzene rings is 8. The van der Waals surface area contributed by atoms with Gasteiger partial charge in [0.25, 0.3) is 0 Å². The quantitative estimate of drug-likeness (QED) is 0.160. The van der Waals surface area contributed by atoms with Crippen LogP contribution >= 0.6 is 0 Å². The molecule has 0 bridgehead atoms. The summed E-state index contributed by atoms with van der Waals surface area (Å²) in [4.78, 5) is 15.7. The Labute approximate surface area is 329 Å². The average Bonchev–Trinajstić information content (AvgIpc) is 3.68. The van der Waals surface area contributed by atoms with Gasteiger partial charge in [-0.1, -0.05) is 170 Å². The van der Waals surface area contributed by atoms with Crippen molar-refractivity contribution in [1.29, 1.82) is 0 Å². The third kappa shape index (κ3) is 5.83. The molecule has 0 saturated carbocycles. The van der Waals surface area contributed by atoms with Crippen LogP contribution in [0.25, 0.3) is 111 Å². The Morgan fingerprint density at radius 3 is 1.56 bits per heavy atom. The lowest BCUT2D eigenvalue weighted by molar-refractivity contribution is 0.673. The summed E-state index contributed by atoms with van der Waals surface area (Å²) in [6.07, 6.45) is 0. The highest BCUT2D eigenvalue weighted by atomic mass is 16.3. The van der Waals surface area contributed by atoms with Crippen molar-refractivity contribution in [2.75, 3.05) is 0 Å². The Bertz CT molecular complexity index is 3160. The van der Waals surface area contributed by atoms with E-state index in [1.165, 1.54) is 11.1 Å². The van der Waals surface area contributed by atoms with Crippen molar-refractivity contribution in [2.45, 2.75) is 0 Å². The number of pyridine rings is 1. The standard InChI is InChI=1S/C53H33N3O/c1-3-12-34(13-4-1)36-22-26-38(27-23-36)47-33-48(56-53(55-47)39-28-24-37(25-29-39)35-14-5-2-6-15-35)40-16-11-17-41(32-40)51-45-31-30-43-42-18-8-10-21-49(42)57-52(43)50(45)44-19-7-9-20-46(44)54-51/h1-33H. The first-order chi connectivity index (χ1) is 28.2. The molecule has 8 aromatic carbocycles. The van der Waals surface area contributed by atoms with E-state index >= 15 is 0 Å². The predicted molar refractivity (Wildman–Crippen MR) is 235 cm³/mol. The summed E-state index contributed by atoms with van der Waals surface area (Å²) >= 11 is 0. The average molecular weight is 728 g/mol. The van der Waals surface area contributed by atoms with Crippen LogP contribution in [0, 0.1) is 0 Å². The van der Waals surface area contributed by atoms with E-state index < -0.39 is 0 Å². The minimum Gasteiger partial charge on any atom is -0.455 e. The van der Waals surface area contributed by atoms with Crippen LogP contribution in [0.15, 0.2) is 205 Å². The van der Waals surface area contributed by atoms with Crippen LogP contribution in [0.5, 0.6) is 0 Å². The Hall–Kier alpha value is -7.69. The lowest BCUT2D eigenvalue weighted by atomic mass is 9.96. The molecule has 3 heterocycles. The van der Waals surface area contributed by atoms with Gasteiger partial charge in [0.1, 0.15) is 11.2 Å². The van der Waals surface area contributed by atoms with Crippen LogP contribution in [0.3, 0.4) is 0 Å². The molecule has 57 heavy (non-hydrogen) atoms. The first-order valence-corrected chi connectivity index (χ1v) is 19.2. The number of hydrogen-bond donors (Lipinski definition) is 0. The molecule has 0 radical (unpaired) electrons. The molecule has 0 fully saturated rings. The van der Waals surface area contributed by atoms with Crippen molar-refractivity contribution in [2.24, 2.45) is 0 Å². The van der Waals surface area contributed by atoms with Crippen molar-refractivity contribution < 1.29 is 4.42 Å². The molecule has 11 aromatic rings. The van der Waals surface area contributed by atoms with Crippen molar-refractivity contribution in [3.8, 4) is 67.4 Å². The van der Waals surface area contributed by atoms with E-state index in [0.29, 0.717) is 5.82 Å². The summed E-state index contributed by atoms with van der Waals surface area (Å²) in [5, 5.41) is 5.39. The van der Waals surface area contributed by atoms with E-state index in [-0.39, 0.29) is 0 Å². The summed E-state index contributed by atoms with van der Waals surface area (Å²) in [5.74, 6) is 0.668. The van der Waals surface area contributed by atoms with Crippen LogP contribution in [-0.4, -0.2) is 15.0 Å². The highest BCUT2D eigenvalue weighted by Gasteiger charge is 2.18. The summed E-state index contributed by atoms with van der Waals surface area (Å²) in [5.41, 5.74) is 13.9. The van der Waals surface area contributed by atoms with E-state index in [4.69, 9.17) is 19.4 Å². The molecule has 0 aliphatic carbocycles. The molecule has 0 atom stereocenters. The van der Waals surface area contributed by atoms with Crippen molar-refractivity contribution in [3.05, 3.63) is 200 Å². The molecule has 0 aliphatic rings. The topological polar surface area (TPSA) is 51.8 Å². The second-order valence-electron chi connectivity index (χ2n) is 14.4. The van der Waals surface area contributed by atoms with E-state index in [1.54, 1.807) is 0 Å². The van der Waals surface area contributed by atoms with Gasteiger partial charge in [-0.15, -0.1) is 0 Å². The van der Waals surface area contributed by atoms with E-state index in [1.807, 2.05) is 30.3 Å². The summed E-state index contributed by atoms with van der Waals surface area (Å²) < 4.78 is 6.59. The molecule has 4 nitrogen and oxygen atoms in total. The molecule has 11 rings (SSSR count). The van der Waals surface area contributed by atoms with Crippen LogP contribution < -0.4 is 0 Å². The van der Waals surface area contributed by atoms with Gasteiger partial charge in [0.2, 0.25) is 0 Å². The second-order valence-corrected chi connectivity index (χ2v) is 14.4. The zero-order valence-corrected chi connectivity index (χ0v) is 30.8. The van der Waals surface area contributed by atoms with Gasteiger partial charge in [-0.3, -0.25) is 0 Å². The lowest BCUT2D eigenvalue weighted by Crippen LogP contribution is -1.96. The molecule has 0 amide bonds. The molecule has 0 aliphatic heterocycles.